The second-order valence-corrected chi connectivity index (χ2v) is 7.47. The molecule has 1 aliphatic rings. The van der Waals surface area contributed by atoms with Gasteiger partial charge in [-0.1, -0.05) is 30.3 Å². The fourth-order valence-corrected chi connectivity index (χ4v) is 4.45. The Labute approximate surface area is 173 Å². The molecule has 2 N–H and O–H groups in total. The van der Waals surface area contributed by atoms with Crippen molar-refractivity contribution in [3.8, 4) is 5.75 Å². The first-order valence-corrected chi connectivity index (χ1v) is 9.32. The van der Waals surface area contributed by atoms with E-state index in [1.165, 1.54) is 0 Å². The van der Waals surface area contributed by atoms with Gasteiger partial charge in [-0.05, 0) is 62.3 Å². The Balaban J connectivity index is 0.00000280. The van der Waals surface area contributed by atoms with Crippen LogP contribution in [0, 0.1) is 5.92 Å². The minimum absolute atomic E-state index is 0. The molecule has 2 aromatic rings. The Morgan fingerprint density at radius 3 is 2.68 bits per heavy atom. The van der Waals surface area contributed by atoms with Gasteiger partial charge < -0.3 is 20.1 Å². The summed E-state index contributed by atoms with van der Waals surface area (Å²) in [4.78, 5) is 14.2. The summed E-state index contributed by atoms with van der Waals surface area (Å²) in [5.74, 6) is 0.144. The molecular formula is C22H29ClN2O3. The summed E-state index contributed by atoms with van der Waals surface area (Å²) < 4.78 is 5.48. The highest BCUT2D eigenvalue weighted by Crippen LogP contribution is 2.46. The number of benzene rings is 2. The topological polar surface area (TPSA) is 61.8 Å². The van der Waals surface area contributed by atoms with Crippen molar-refractivity contribution in [3.05, 3.63) is 65.2 Å². The molecule has 1 saturated heterocycles. The minimum atomic E-state index is -0.880. The second-order valence-electron chi connectivity index (χ2n) is 7.47. The third-order valence-corrected chi connectivity index (χ3v) is 5.59. The van der Waals surface area contributed by atoms with E-state index in [2.05, 4.69) is 36.4 Å². The number of hydrogen-bond acceptors (Lipinski definition) is 4. The Morgan fingerprint density at radius 2 is 2.00 bits per heavy atom. The number of nitrogens with one attached hydrogen (secondary N) is 1. The van der Waals surface area contributed by atoms with E-state index in [0.717, 1.165) is 42.9 Å². The predicted molar refractivity (Wildman–Crippen MR) is 114 cm³/mol. The van der Waals surface area contributed by atoms with Crippen LogP contribution in [0.2, 0.25) is 0 Å². The van der Waals surface area contributed by atoms with Gasteiger partial charge >= 0.3 is 5.97 Å². The van der Waals surface area contributed by atoms with Crippen LogP contribution in [0.5, 0.6) is 5.75 Å². The molecule has 152 valence electrons. The summed E-state index contributed by atoms with van der Waals surface area (Å²) >= 11 is 0. The van der Waals surface area contributed by atoms with Gasteiger partial charge in [-0.25, -0.2) is 4.79 Å². The van der Waals surface area contributed by atoms with Crippen LogP contribution in [0.15, 0.2) is 48.5 Å². The highest BCUT2D eigenvalue weighted by atomic mass is 35.5. The number of rotatable bonds is 6. The van der Waals surface area contributed by atoms with E-state index in [-0.39, 0.29) is 23.7 Å². The molecule has 0 bridgehead atoms. The molecule has 0 unspecified atom stereocenters. The summed E-state index contributed by atoms with van der Waals surface area (Å²) in [5, 5.41) is 13.4. The molecule has 0 spiro atoms. The largest absolute Gasteiger partial charge is 0.497 e. The maximum absolute atomic E-state index is 12.0. The predicted octanol–water partition coefficient (Wildman–Crippen LogP) is 3.27. The van der Waals surface area contributed by atoms with Crippen molar-refractivity contribution < 1.29 is 14.6 Å². The number of carboxylic acid groups (broad SMARTS) is 1. The van der Waals surface area contributed by atoms with Gasteiger partial charge in [0.15, 0.2) is 0 Å². The van der Waals surface area contributed by atoms with E-state index in [1.807, 2.05) is 24.3 Å². The van der Waals surface area contributed by atoms with Gasteiger partial charge in [0.2, 0.25) is 0 Å². The van der Waals surface area contributed by atoms with Crippen molar-refractivity contribution in [2.45, 2.75) is 11.8 Å². The third kappa shape index (κ3) is 4.17. The summed E-state index contributed by atoms with van der Waals surface area (Å²) in [6, 6.07) is 15.5. The molecule has 0 aromatic heterocycles. The SMILES string of the molecule is COc1cccc([C@]2(c3ccccc3C(=O)O)CCNC[C@H]2CN(C)C)c1.Cl. The molecule has 0 amide bonds. The Kier molecular flexibility index (Phi) is 7.47. The van der Waals surface area contributed by atoms with E-state index >= 15 is 0 Å². The maximum atomic E-state index is 12.0. The lowest BCUT2D eigenvalue weighted by molar-refractivity contribution is 0.0691. The lowest BCUT2D eigenvalue weighted by Gasteiger charge is -2.47. The average Bonchev–Trinajstić information content (AvgIpc) is 2.68. The van der Waals surface area contributed by atoms with Crippen molar-refractivity contribution in [1.29, 1.82) is 0 Å². The molecule has 1 aliphatic heterocycles. The highest BCUT2D eigenvalue weighted by molar-refractivity contribution is 5.90. The Bertz CT molecular complexity index is 812. The van der Waals surface area contributed by atoms with Crippen LogP contribution in [0.25, 0.3) is 0 Å². The number of carboxylic acids is 1. The zero-order valence-electron chi connectivity index (χ0n) is 16.6. The second kappa shape index (κ2) is 9.41. The number of aromatic carboxylic acids is 1. The first-order chi connectivity index (χ1) is 13.0. The quantitative estimate of drug-likeness (QED) is 0.773. The lowest BCUT2D eigenvalue weighted by Crippen LogP contribution is -2.52. The third-order valence-electron chi connectivity index (χ3n) is 5.59. The highest BCUT2D eigenvalue weighted by Gasteiger charge is 2.45. The van der Waals surface area contributed by atoms with Crippen LogP contribution in [0.1, 0.15) is 27.9 Å². The number of methoxy groups -OCH3 is 1. The maximum Gasteiger partial charge on any atom is 0.335 e. The van der Waals surface area contributed by atoms with Gasteiger partial charge in [0, 0.05) is 18.5 Å². The monoisotopic (exact) mass is 404 g/mol. The fraction of sp³-hybridized carbons (Fsp3) is 0.409. The number of nitrogens with zero attached hydrogens (tertiary/aromatic N) is 1. The van der Waals surface area contributed by atoms with Gasteiger partial charge in [-0.2, -0.15) is 0 Å². The van der Waals surface area contributed by atoms with Crippen LogP contribution in [0.3, 0.4) is 0 Å². The summed E-state index contributed by atoms with van der Waals surface area (Å²) in [6.07, 6.45) is 0.836. The molecule has 6 heteroatoms. The first-order valence-electron chi connectivity index (χ1n) is 9.32. The fourth-order valence-electron chi connectivity index (χ4n) is 4.45. The summed E-state index contributed by atoms with van der Waals surface area (Å²) in [5.41, 5.74) is 1.99. The van der Waals surface area contributed by atoms with Gasteiger partial charge in [0.25, 0.3) is 0 Å². The van der Waals surface area contributed by atoms with E-state index in [4.69, 9.17) is 4.74 Å². The molecule has 1 fully saturated rings. The van der Waals surface area contributed by atoms with Crippen LogP contribution in [0.4, 0.5) is 0 Å². The number of halogens is 1. The van der Waals surface area contributed by atoms with Crippen molar-refractivity contribution in [2.24, 2.45) is 5.92 Å². The van der Waals surface area contributed by atoms with Gasteiger partial charge in [0.1, 0.15) is 5.75 Å². The molecule has 2 atom stereocenters. The molecule has 2 aromatic carbocycles. The molecule has 5 nitrogen and oxygen atoms in total. The van der Waals surface area contributed by atoms with Crippen LogP contribution >= 0.6 is 12.4 Å². The van der Waals surface area contributed by atoms with E-state index < -0.39 is 5.97 Å². The van der Waals surface area contributed by atoms with Crippen molar-refractivity contribution in [3.63, 3.8) is 0 Å². The van der Waals surface area contributed by atoms with Crippen LogP contribution < -0.4 is 10.1 Å². The van der Waals surface area contributed by atoms with Gasteiger partial charge in [-0.15, -0.1) is 12.4 Å². The Morgan fingerprint density at radius 1 is 1.25 bits per heavy atom. The lowest BCUT2D eigenvalue weighted by atomic mass is 9.61. The molecule has 0 saturated carbocycles. The zero-order valence-corrected chi connectivity index (χ0v) is 17.5. The number of hydrogen-bond donors (Lipinski definition) is 2. The zero-order chi connectivity index (χ0) is 19.4. The standard InChI is InChI=1S/C22H28N2O3.ClH/c1-24(2)15-17-14-23-12-11-22(17,16-7-6-8-18(13-16)27-3)20-10-5-4-9-19(20)21(25)26;/h4-10,13,17,23H,11-12,14-15H2,1-3H3,(H,25,26);1H/t17-,22+;/m0./s1. The number of carbonyl (C=O) groups is 1. The molecule has 28 heavy (non-hydrogen) atoms. The van der Waals surface area contributed by atoms with Crippen molar-refractivity contribution >= 4 is 18.4 Å². The summed E-state index contributed by atoms with van der Waals surface area (Å²) in [6.45, 7) is 2.54. The smallest absolute Gasteiger partial charge is 0.335 e. The van der Waals surface area contributed by atoms with Gasteiger partial charge in [-0.3, -0.25) is 0 Å². The number of piperidine rings is 1. The van der Waals surface area contributed by atoms with Crippen molar-refractivity contribution in [2.75, 3.05) is 40.8 Å². The molecule has 0 radical (unpaired) electrons. The van der Waals surface area contributed by atoms with E-state index in [9.17, 15) is 9.90 Å². The molecule has 0 aliphatic carbocycles. The normalized spacial score (nSPS) is 21.8. The Hall–Kier alpha value is -2.08. The molecule has 3 rings (SSSR count). The average molecular weight is 405 g/mol. The van der Waals surface area contributed by atoms with Crippen molar-refractivity contribution in [1.82, 2.24) is 10.2 Å². The minimum Gasteiger partial charge on any atom is -0.497 e. The van der Waals surface area contributed by atoms with Crippen LogP contribution in [-0.2, 0) is 5.41 Å². The molecular weight excluding hydrogens is 376 g/mol. The van der Waals surface area contributed by atoms with Gasteiger partial charge in [0.05, 0.1) is 12.7 Å². The first kappa shape index (κ1) is 22.2. The molecule has 1 heterocycles. The van der Waals surface area contributed by atoms with E-state index in [0.29, 0.717) is 5.56 Å². The van der Waals surface area contributed by atoms with Crippen LogP contribution in [-0.4, -0.2) is 56.8 Å². The summed E-state index contributed by atoms with van der Waals surface area (Å²) in [7, 11) is 5.79. The number of ether oxygens (including phenoxy) is 1. The van der Waals surface area contributed by atoms with E-state index in [1.54, 1.807) is 19.2 Å².